The van der Waals surface area contributed by atoms with Crippen LogP contribution in [0.3, 0.4) is 0 Å². The molecule has 0 heterocycles. The standard InChI is InChI=1S/C7H11N/c1-3-5-6-7-8-4-2/h1,5-6,8H,4,7H2,2H3. The second-order valence-corrected chi connectivity index (χ2v) is 1.38. The van der Waals surface area contributed by atoms with Gasteiger partial charge in [-0.3, -0.25) is 0 Å². The Bertz CT molecular complexity index is 97.4. The Balaban J connectivity index is 2.94. The Hall–Kier alpha value is -0.740. The third kappa shape index (κ3) is 5.26. The van der Waals surface area contributed by atoms with Gasteiger partial charge in [0.05, 0.1) is 0 Å². The second kappa shape index (κ2) is 6.26. The Morgan fingerprint density at radius 1 is 1.75 bits per heavy atom. The highest BCUT2D eigenvalue weighted by atomic mass is 14.8. The maximum absolute atomic E-state index is 4.95. The van der Waals surface area contributed by atoms with Crippen molar-refractivity contribution in [3.8, 4) is 12.3 Å². The summed E-state index contributed by atoms with van der Waals surface area (Å²) in [6.45, 7) is 3.93. The maximum atomic E-state index is 4.95. The zero-order valence-corrected chi connectivity index (χ0v) is 5.15. The van der Waals surface area contributed by atoms with Crippen molar-refractivity contribution in [3.05, 3.63) is 12.2 Å². The second-order valence-electron chi connectivity index (χ2n) is 1.38. The van der Waals surface area contributed by atoms with Crippen LogP contribution in [0.5, 0.6) is 0 Å². The molecule has 0 amide bonds. The summed E-state index contributed by atoms with van der Waals surface area (Å²) in [6, 6.07) is 0. The smallest absolute Gasteiger partial charge is 0.0144 e. The van der Waals surface area contributed by atoms with E-state index in [2.05, 4.69) is 18.2 Å². The molecule has 0 spiro atoms. The van der Waals surface area contributed by atoms with Gasteiger partial charge >= 0.3 is 0 Å². The van der Waals surface area contributed by atoms with E-state index in [-0.39, 0.29) is 0 Å². The normalized spacial score (nSPS) is 9.50. The summed E-state index contributed by atoms with van der Waals surface area (Å²) in [4.78, 5) is 0. The first kappa shape index (κ1) is 7.26. The van der Waals surface area contributed by atoms with Crippen molar-refractivity contribution in [2.24, 2.45) is 0 Å². The zero-order chi connectivity index (χ0) is 6.24. The van der Waals surface area contributed by atoms with E-state index in [1.165, 1.54) is 0 Å². The number of hydrogen-bond acceptors (Lipinski definition) is 1. The third-order valence-corrected chi connectivity index (χ3v) is 0.726. The van der Waals surface area contributed by atoms with E-state index in [9.17, 15) is 0 Å². The van der Waals surface area contributed by atoms with Crippen LogP contribution in [-0.4, -0.2) is 13.1 Å². The predicted molar refractivity (Wildman–Crippen MR) is 36.5 cm³/mol. The Morgan fingerprint density at radius 2 is 2.50 bits per heavy atom. The Morgan fingerprint density at radius 3 is 3.00 bits per heavy atom. The lowest BCUT2D eigenvalue weighted by atomic mass is 10.5. The SMILES string of the molecule is C#CC=CCNCC. The quantitative estimate of drug-likeness (QED) is 0.417. The molecular formula is C7H11N. The van der Waals surface area contributed by atoms with Crippen LogP contribution < -0.4 is 5.32 Å². The van der Waals surface area contributed by atoms with Gasteiger partial charge in [-0.25, -0.2) is 0 Å². The number of likely N-dealkylation sites (N-methyl/N-ethyl adjacent to an activating group) is 1. The van der Waals surface area contributed by atoms with Gasteiger partial charge in [-0.05, 0) is 12.6 Å². The molecule has 1 heteroatoms. The molecule has 0 aliphatic carbocycles. The minimum absolute atomic E-state index is 0.876. The van der Waals surface area contributed by atoms with Crippen LogP contribution in [0.15, 0.2) is 12.2 Å². The van der Waals surface area contributed by atoms with E-state index in [1.807, 2.05) is 6.08 Å². The average molecular weight is 109 g/mol. The average Bonchev–Trinajstić information content (AvgIpc) is 1.81. The van der Waals surface area contributed by atoms with E-state index in [0.717, 1.165) is 13.1 Å². The molecule has 0 aromatic rings. The van der Waals surface area contributed by atoms with E-state index in [4.69, 9.17) is 6.42 Å². The largest absolute Gasteiger partial charge is 0.314 e. The van der Waals surface area contributed by atoms with Crippen molar-refractivity contribution in [1.29, 1.82) is 0 Å². The molecule has 0 aliphatic rings. The molecule has 0 fully saturated rings. The van der Waals surface area contributed by atoms with Gasteiger partial charge < -0.3 is 5.32 Å². The number of allylic oxidation sites excluding steroid dienone is 1. The number of hydrogen-bond donors (Lipinski definition) is 1. The van der Waals surface area contributed by atoms with Gasteiger partial charge in [0.15, 0.2) is 0 Å². The summed E-state index contributed by atoms with van der Waals surface area (Å²) in [5, 5.41) is 3.10. The molecule has 0 aromatic carbocycles. The summed E-state index contributed by atoms with van der Waals surface area (Å²) < 4.78 is 0. The van der Waals surface area contributed by atoms with Crippen LogP contribution in [0.25, 0.3) is 0 Å². The van der Waals surface area contributed by atoms with Crippen molar-refractivity contribution in [3.63, 3.8) is 0 Å². The fourth-order valence-electron chi connectivity index (χ4n) is 0.355. The highest BCUT2D eigenvalue weighted by Crippen LogP contribution is 1.64. The molecule has 0 saturated carbocycles. The predicted octanol–water partition coefficient (Wildman–Crippen LogP) is 0.785. The topological polar surface area (TPSA) is 12.0 Å². The molecular weight excluding hydrogens is 98.1 g/mol. The highest BCUT2D eigenvalue weighted by Gasteiger charge is 1.69. The van der Waals surface area contributed by atoms with Crippen LogP contribution in [0.1, 0.15) is 6.92 Å². The molecule has 44 valence electrons. The van der Waals surface area contributed by atoms with Gasteiger partial charge in [-0.15, -0.1) is 6.42 Å². The van der Waals surface area contributed by atoms with Crippen LogP contribution in [0, 0.1) is 12.3 Å². The van der Waals surface area contributed by atoms with Gasteiger partial charge in [0.25, 0.3) is 0 Å². The molecule has 8 heavy (non-hydrogen) atoms. The van der Waals surface area contributed by atoms with Crippen LogP contribution in [0.4, 0.5) is 0 Å². The summed E-state index contributed by atoms with van der Waals surface area (Å²) in [7, 11) is 0. The minimum atomic E-state index is 0.876. The van der Waals surface area contributed by atoms with Crippen molar-refractivity contribution in [1.82, 2.24) is 5.32 Å². The van der Waals surface area contributed by atoms with Crippen molar-refractivity contribution in [2.75, 3.05) is 13.1 Å². The van der Waals surface area contributed by atoms with Crippen molar-refractivity contribution >= 4 is 0 Å². The first-order valence-electron chi connectivity index (χ1n) is 2.73. The van der Waals surface area contributed by atoms with Gasteiger partial charge in [-0.2, -0.15) is 0 Å². The molecule has 0 saturated heterocycles. The molecule has 0 unspecified atom stereocenters. The Kier molecular flexibility index (Phi) is 5.68. The van der Waals surface area contributed by atoms with Gasteiger partial charge in [0.1, 0.15) is 0 Å². The monoisotopic (exact) mass is 109 g/mol. The van der Waals surface area contributed by atoms with Crippen molar-refractivity contribution in [2.45, 2.75) is 6.92 Å². The van der Waals surface area contributed by atoms with E-state index < -0.39 is 0 Å². The molecule has 0 rings (SSSR count). The summed E-state index contributed by atoms with van der Waals surface area (Å²) in [6.07, 6.45) is 8.56. The molecule has 1 nitrogen and oxygen atoms in total. The minimum Gasteiger partial charge on any atom is -0.314 e. The number of terminal acetylenes is 1. The first-order valence-corrected chi connectivity index (χ1v) is 2.73. The molecule has 0 atom stereocenters. The Labute approximate surface area is 50.8 Å². The lowest BCUT2D eigenvalue weighted by molar-refractivity contribution is 0.799. The molecule has 0 radical (unpaired) electrons. The fraction of sp³-hybridized carbons (Fsp3) is 0.429. The summed E-state index contributed by atoms with van der Waals surface area (Å²) in [5.41, 5.74) is 0. The maximum Gasteiger partial charge on any atom is 0.0144 e. The van der Waals surface area contributed by atoms with Crippen LogP contribution in [-0.2, 0) is 0 Å². The lowest BCUT2D eigenvalue weighted by Gasteiger charge is -1.89. The lowest BCUT2D eigenvalue weighted by Crippen LogP contribution is -2.11. The summed E-state index contributed by atoms with van der Waals surface area (Å²) in [5.74, 6) is 2.41. The van der Waals surface area contributed by atoms with Crippen LogP contribution in [0.2, 0.25) is 0 Å². The van der Waals surface area contributed by atoms with Gasteiger partial charge in [0.2, 0.25) is 0 Å². The zero-order valence-electron chi connectivity index (χ0n) is 5.15. The molecule has 0 aliphatic heterocycles. The molecule has 0 aromatic heterocycles. The van der Waals surface area contributed by atoms with E-state index >= 15 is 0 Å². The number of nitrogens with one attached hydrogen (secondary N) is 1. The van der Waals surface area contributed by atoms with E-state index in [1.54, 1.807) is 6.08 Å². The molecule has 1 N–H and O–H groups in total. The first-order chi connectivity index (χ1) is 3.91. The molecule has 0 bridgehead atoms. The van der Waals surface area contributed by atoms with Crippen molar-refractivity contribution < 1.29 is 0 Å². The van der Waals surface area contributed by atoms with Gasteiger partial charge in [0, 0.05) is 6.54 Å². The van der Waals surface area contributed by atoms with E-state index in [0.29, 0.717) is 0 Å². The van der Waals surface area contributed by atoms with Gasteiger partial charge in [-0.1, -0.05) is 18.9 Å². The van der Waals surface area contributed by atoms with Crippen LogP contribution >= 0.6 is 0 Å². The number of rotatable bonds is 3. The highest BCUT2D eigenvalue weighted by molar-refractivity contribution is 5.08. The summed E-state index contributed by atoms with van der Waals surface area (Å²) >= 11 is 0. The fourth-order valence-corrected chi connectivity index (χ4v) is 0.355. The third-order valence-electron chi connectivity index (χ3n) is 0.726.